The maximum absolute atomic E-state index is 3.79. The molecular formula is C15H24N2. The number of fused-ring (bicyclic) bond motifs is 2. The third kappa shape index (κ3) is 1.50. The lowest BCUT2D eigenvalue weighted by molar-refractivity contribution is 0.120. The molecular weight excluding hydrogens is 208 g/mol. The number of hydrogen-bond acceptors (Lipinski definition) is 1. The topological polar surface area (TPSA) is 27.8 Å². The predicted octanol–water partition coefficient (Wildman–Crippen LogP) is 3.32. The molecule has 1 heterocycles. The molecule has 3 unspecified atom stereocenters. The maximum atomic E-state index is 3.79. The van der Waals surface area contributed by atoms with Gasteiger partial charge in [0.2, 0.25) is 0 Å². The highest BCUT2D eigenvalue weighted by atomic mass is 15.0. The Kier molecular flexibility index (Phi) is 2.41. The average Bonchev–Trinajstić information content (AvgIpc) is 2.91. The molecule has 0 saturated heterocycles. The van der Waals surface area contributed by atoms with E-state index in [9.17, 15) is 0 Å². The Labute approximate surface area is 104 Å². The van der Waals surface area contributed by atoms with Gasteiger partial charge in [-0.15, -0.1) is 0 Å². The Hall–Kier alpha value is -0.760. The zero-order valence-electron chi connectivity index (χ0n) is 11.2. The van der Waals surface area contributed by atoms with Crippen molar-refractivity contribution in [1.82, 2.24) is 10.3 Å². The quantitative estimate of drug-likeness (QED) is 0.822. The second-order valence-corrected chi connectivity index (χ2v) is 6.76. The van der Waals surface area contributed by atoms with E-state index in [1.807, 2.05) is 6.20 Å². The summed E-state index contributed by atoms with van der Waals surface area (Å²) >= 11 is 0. The number of aromatic nitrogens is 1. The van der Waals surface area contributed by atoms with E-state index < -0.39 is 0 Å². The van der Waals surface area contributed by atoms with Crippen LogP contribution in [0.15, 0.2) is 18.5 Å². The molecule has 2 bridgehead atoms. The van der Waals surface area contributed by atoms with Crippen LogP contribution in [0.25, 0.3) is 0 Å². The van der Waals surface area contributed by atoms with Gasteiger partial charge in [0.1, 0.15) is 0 Å². The molecule has 1 aromatic rings. The molecule has 17 heavy (non-hydrogen) atoms. The summed E-state index contributed by atoms with van der Waals surface area (Å²) in [5.41, 5.74) is 2.38. The zero-order chi connectivity index (χ0) is 12.1. The van der Waals surface area contributed by atoms with Crippen molar-refractivity contribution in [3.8, 4) is 0 Å². The van der Waals surface area contributed by atoms with Crippen molar-refractivity contribution in [2.45, 2.75) is 52.6 Å². The summed E-state index contributed by atoms with van der Waals surface area (Å²) in [4.78, 5) is 3.12. The van der Waals surface area contributed by atoms with Gasteiger partial charge in [-0.25, -0.2) is 0 Å². The highest BCUT2D eigenvalue weighted by Crippen LogP contribution is 2.65. The van der Waals surface area contributed by atoms with E-state index in [0.29, 0.717) is 16.9 Å². The largest absolute Gasteiger partial charge is 0.367 e. The van der Waals surface area contributed by atoms with Crippen LogP contribution in [0.4, 0.5) is 0 Å². The fraction of sp³-hybridized carbons (Fsp3) is 0.733. The van der Waals surface area contributed by atoms with Crippen molar-refractivity contribution in [3.05, 3.63) is 24.0 Å². The molecule has 0 aromatic carbocycles. The minimum Gasteiger partial charge on any atom is -0.367 e. The minimum absolute atomic E-state index is 0.494. The van der Waals surface area contributed by atoms with Gasteiger partial charge in [-0.3, -0.25) is 0 Å². The molecule has 3 atom stereocenters. The number of H-pyrrole nitrogens is 1. The first-order valence-corrected chi connectivity index (χ1v) is 6.89. The van der Waals surface area contributed by atoms with Crippen molar-refractivity contribution < 1.29 is 0 Å². The molecule has 3 rings (SSSR count). The van der Waals surface area contributed by atoms with Crippen LogP contribution in [-0.4, -0.2) is 11.0 Å². The van der Waals surface area contributed by atoms with E-state index in [2.05, 4.69) is 43.3 Å². The molecule has 0 radical (unpaired) electrons. The van der Waals surface area contributed by atoms with Crippen molar-refractivity contribution in [3.63, 3.8) is 0 Å². The van der Waals surface area contributed by atoms with Crippen molar-refractivity contribution in [2.75, 3.05) is 0 Å². The Morgan fingerprint density at radius 3 is 2.76 bits per heavy atom. The van der Waals surface area contributed by atoms with Crippen molar-refractivity contribution >= 4 is 0 Å². The molecule has 2 saturated carbocycles. The molecule has 2 aliphatic carbocycles. The van der Waals surface area contributed by atoms with Crippen LogP contribution in [0, 0.1) is 16.7 Å². The van der Waals surface area contributed by atoms with Gasteiger partial charge in [0.25, 0.3) is 0 Å². The highest BCUT2D eigenvalue weighted by Gasteiger charge is 2.60. The summed E-state index contributed by atoms with van der Waals surface area (Å²) in [5, 5.41) is 3.79. The molecule has 2 nitrogen and oxygen atoms in total. The molecule has 94 valence electrons. The van der Waals surface area contributed by atoms with Crippen LogP contribution >= 0.6 is 0 Å². The van der Waals surface area contributed by atoms with Gasteiger partial charge in [0, 0.05) is 25.0 Å². The van der Waals surface area contributed by atoms with E-state index in [-0.39, 0.29) is 0 Å². The van der Waals surface area contributed by atoms with Gasteiger partial charge in [0.15, 0.2) is 0 Å². The summed E-state index contributed by atoms with van der Waals surface area (Å²) in [6.45, 7) is 8.45. The lowest BCUT2D eigenvalue weighted by Crippen LogP contribution is -2.44. The number of rotatable bonds is 3. The fourth-order valence-corrected chi connectivity index (χ4v) is 4.22. The van der Waals surface area contributed by atoms with E-state index in [1.54, 1.807) is 0 Å². The van der Waals surface area contributed by atoms with Crippen molar-refractivity contribution in [2.24, 2.45) is 16.7 Å². The van der Waals surface area contributed by atoms with Crippen molar-refractivity contribution in [1.29, 1.82) is 0 Å². The van der Waals surface area contributed by atoms with Gasteiger partial charge in [-0.1, -0.05) is 20.8 Å². The van der Waals surface area contributed by atoms with Gasteiger partial charge in [-0.05, 0) is 47.6 Å². The van der Waals surface area contributed by atoms with E-state index in [4.69, 9.17) is 0 Å². The SMILES string of the molecule is CC1(C)C2CCC1(C)C(NCc1cc[nH]c1)C2. The predicted molar refractivity (Wildman–Crippen MR) is 70.6 cm³/mol. The van der Waals surface area contributed by atoms with Crippen LogP contribution in [-0.2, 0) is 6.54 Å². The lowest BCUT2D eigenvalue weighted by Gasteiger charge is -2.39. The number of nitrogens with one attached hydrogen (secondary N) is 2. The number of aromatic amines is 1. The summed E-state index contributed by atoms with van der Waals surface area (Å²) < 4.78 is 0. The molecule has 0 aliphatic heterocycles. The third-order valence-electron chi connectivity index (χ3n) is 6.01. The van der Waals surface area contributed by atoms with Crippen LogP contribution < -0.4 is 5.32 Å². The van der Waals surface area contributed by atoms with Crippen LogP contribution in [0.5, 0.6) is 0 Å². The first-order valence-electron chi connectivity index (χ1n) is 6.89. The fourth-order valence-electron chi connectivity index (χ4n) is 4.22. The summed E-state index contributed by atoms with van der Waals surface area (Å²) in [5.74, 6) is 0.927. The standard InChI is InChI=1S/C15H24N2/c1-14(2)12-4-6-15(14,3)13(8-12)17-10-11-5-7-16-9-11/h5,7,9,12-13,16-17H,4,6,8,10H2,1-3H3. The minimum atomic E-state index is 0.494. The summed E-state index contributed by atoms with van der Waals surface area (Å²) in [6, 6.07) is 2.86. The molecule has 0 amide bonds. The Morgan fingerprint density at radius 2 is 2.24 bits per heavy atom. The van der Waals surface area contributed by atoms with Crippen LogP contribution in [0.1, 0.15) is 45.6 Å². The second-order valence-electron chi connectivity index (χ2n) is 6.76. The highest BCUT2D eigenvalue weighted by molar-refractivity contribution is 5.14. The molecule has 1 aromatic heterocycles. The molecule has 2 fully saturated rings. The first kappa shape index (κ1) is 11.3. The number of hydrogen-bond donors (Lipinski definition) is 2. The molecule has 2 heteroatoms. The summed E-state index contributed by atoms with van der Waals surface area (Å²) in [7, 11) is 0. The normalized spacial score (nSPS) is 38.8. The molecule has 0 spiro atoms. The van der Waals surface area contributed by atoms with E-state index in [0.717, 1.165) is 12.5 Å². The van der Waals surface area contributed by atoms with E-state index in [1.165, 1.54) is 24.8 Å². The lowest BCUT2D eigenvalue weighted by atomic mass is 9.69. The average molecular weight is 232 g/mol. The Morgan fingerprint density at radius 1 is 1.41 bits per heavy atom. The van der Waals surface area contributed by atoms with Gasteiger partial charge >= 0.3 is 0 Å². The third-order valence-corrected chi connectivity index (χ3v) is 6.01. The van der Waals surface area contributed by atoms with Gasteiger partial charge in [-0.2, -0.15) is 0 Å². The first-order chi connectivity index (χ1) is 8.04. The van der Waals surface area contributed by atoms with Gasteiger partial charge < -0.3 is 10.3 Å². The monoisotopic (exact) mass is 232 g/mol. The molecule has 2 aliphatic rings. The summed E-state index contributed by atoms with van der Waals surface area (Å²) in [6.07, 6.45) is 8.30. The molecule has 2 N–H and O–H groups in total. The zero-order valence-corrected chi connectivity index (χ0v) is 11.2. The van der Waals surface area contributed by atoms with Crippen LogP contribution in [0.3, 0.4) is 0 Å². The van der Waals surface area contributed by atoms with Gasteiger partial charge in [0.05, 0.1) is 0 Å². The Balaban J connectivity index is 1.70. The smallest absolute Gasteiger partial charge is 0.0223 e. The Bertz CT molecular complexity index is 393. The van der Waals surface area contributed by atoms with E-state index >= 15 is 0 Å². The van der Waals surface area contributed by atoms with Crippen LogP contribution in [0.2, 0.25) is 0 Å². The maximum Gasteiger partial charge on any atom is 0.0223 e. The second kappa shape index (κ2) is 3.61.